The van der Waals surface area contributed by atoms with Crippen LogP contribution in [0.4, 0.5) is 11.5 Å². The molecule has 1 fully saturated rings. The molecule has 7 heteroatoms. The molecular weight excluding hydrogens is 404 g/mol. The van der Waals surface area contributed by atoms with Crippen molar-refractivity contribution in [3.8, 4) is 0 Å². The standard InChI is InChI=1S/C25H36N4O3/c1-17(30)28-12-11-22-21(15-28)23(27-29(22)14-18-9-10-18)26-20-8-6-7-19(13-20)16-32-25(4,5)24(2,3)31/h6-8,13,18,31H,9-12,14-16H2,1-5H3,(H,26,27). The van der Waals surface area contributed by atoms with Gasteiger partial charge in [0.05, 0.1) is 24.4 Å². The zero-order chi connectivity index (χ0) is 23.1. The van der Waals surface area contributed by atoms with Crippen molar-refractivity contribution in [1.29, 1.82) is 0 Å². The van der Waals surface area contributed by atoms with Crippen LogP contribution < -0.4 is 5.32 Å². The van der Waals surface area contributed by atoms with Gasteiger partial charge >= 0.3 is 0 Å². The summed E-state index contributed by atoms with van der Waals surface area (Å²) in [6.45, 7) is 11.7. The maximum atomic E-state index is 12.0. The summed E-state index contributed by atoms with van der Waals surface area (Å²) in [7, 11) is 0. The third-order valence-electron chi connectivity index (χ3n) is 6.97. The summed E-state index contributed by atoms with van der Waals surface area (Å²) in [4.78, 5) is 13.9. The van der Waals surface area contributed by atoms with Gasteiger partial charge in [-0.05, 0) is 64.2 Å². The van der Waals surface area contributed by atoms with Crippen LogP contribution in [0.25, 0.3) is 0 Å². The minimum atomic E-state index is -0.946. The summed E-state index contributed by atoms with van der Waals surface area (Å²) in [5.41, 5.74) is 2.71. The number of hydrogen-bond acceptors (Lipinski definition) is 5. The number of amides is 1. The fourth-order valence-corrected chi connectivity index (χ4v) is 3.87. The molecule has 4 rings (SSSR count). The number of aliphatic hydroxyl groups is 1. The second-order valence-electron chi connectivity index (χ2n) is 10.3. The largest absolute Gasteiger partial charge is 0.387 e. The van der Waals surface area contributed by atoms with Crippen LogP contribution in [-0.4, -0.2) is 43.4 Å². The van der Waals surface area contributed by atoms with Crippen molar-refractivity contribution in [1.82, 2.24) is 14.7 Å². The van der Waals surface area contributed by atoms with E-state index in [1.165, 1.54) is 18.5 Å². The summed E-state index contributed by atoms with van der Waals surface area (Å²) in [5, 5.41) is 18.7. The molecule has 1 aliphatic carbocycles. The van der Waals surface area contributed by atoms with E-state index in [2.05, 4.69) is 16.1 Å². The molecule has 2 aliphatic rings. The molecule has 2 aromatic rings. The Kier molecular flexibility index (Phi) is 6.07. The van der Waals surface area contributed by atoms with Crippen LogP contribution >= 0.6 is 0 Å². The van der Waals surface area contributed by atoms with Crippen molar-refractivity contribution < 1.29 is 14.6 Å². The Morgan fingerprint density at radius 3 is 2.69 bits per heavy atom. The van der Waals surface area contributed by atoms with Gasteiger partial charge in [-0.2, -0.15) is 5.10 Å². The Hall–Kier alpha value is -2.38. The number of fused-ring (bicyclic) bond motifs is 1. The lowest BCUT2D eigenvalue weighted by molar-refractivity contribution is -0.153. The minimum absolute atomic E-state index is 0.102. The molecule has 1 saturated carbocycles. The lowest BCUT2D eigenvalue weighted by Crippen LogP contribution is -2.47. The Bertz CT molecular complexity index is 986. The Morgan fingerprint density at radius 2 is 2.03 bits per heavy atom. The van der Waals surface area contributed by atoms with Crippen molar-refractivity contribution in [2.45, 2.75) is 84.8 Å². The quantitative estimate of drug-likeness (QED) is 0.648. The van der Waals surface area contributed by atoms with E-state index in [1.807, 2.05) is 36.9 Å². The first-order chi connectivity index (χ1) is 15.0. The molecule has 0 spiro atoms. The molecule has 0 atom stereocenters. The van der Waals surface area contributed by atoms with Crippen molar-refractivity contribution in [2.75, 3.05) is 11.9 Å². The number of rotatable bonds is 8. The first-order valence-corrected chi connectivity index (χ1v) is 11.6. The van der Waals surface area contributed by atoms with Crippen LogP contribution in [0.5, 0.6) is 0 Å². The van der Waals surface area contributed by atoms with Gasteiger partial charge in [0.2, 0.25) is 5.91 Å². The van der Waals surface area contributed by atoms with Gasteiger partial charge in [-0.3, -0.25) is 9.48 Å². The maximum Gasteiger partial charge on any atom is 0.219 e. The van der Waals surface area contributed by atoms with Gasteiger partial charge in [-0.15, -0.1) is 0 Å². The number of carbonyl (C=O) groups is 1. The Labute approximate surface area is 190 Å². The highest BCUT2D eigenvalue weighted by molar-refractivity contribution is 5.74. The topological polar surface area (TPSA) is 79.6 Å². The van der Waals surface area contributed by atoms with Crippen LogP contribution in [0.15, 0.2) is 24.3 Å². The van der Waals surface area contributed by atoms with Gasteiger partial charge in [0, 0.05) is 43.4 Å². The van der Waals surface area contributed by atoms with Gasteiger partial charge in [-0.25, -0.2) is 0 Å². The van der Waals surface area contributed by atoms with Crippen molar-refractivity contribution >= 4 is 17.4 Å². The monoisotopic (exact) mass is 440 g/mol. The lowest BCUT2D eigenvalue weighted by atomic mass is 9.89. The average molecular weight is 441 g/mol. The maximum absolute atomic E-state index is 12.0. The summed E-state index contributed by atoms with van der Waals surface area (Å²) in [6, 6.07) is 8.08. The van der Waals surface area contributed by atoms with E-state index in [9.17, 15) is 9.90 Å². The fraction of sp³-hybridized carbons (Fsp3) is 0.600. The zero-order valence-corrected chi connectivity index (χ0v) is 19.9. The zero-order valence-electron chi connectivity index (χ0n) is 19.9. The second kappa shape index (κ2) is 8.52. The molecule has 1 amide bonds. The number of nitrogens with one attached hydrogen (secondary N) is 1. The molecule has 0 unspecified atom stereocenters. The number of anilines is 2. The first kappa shape index (κ1) is 22.8. The normalized spacial score (nSPS) is 16.8. The van der Waals surface area contributed by atoms with Crippen LogP contribution in [-0.2, 0) is 35.6 Å². The van der Waals surface area contributed by atoms with Gasteiger partial charge in [0.25, 0.3) is 0 Å². The molecule has 2 N–H and O–H groups in total. The number of nitrogens with zero attached hydrogens (tertiary/aromatic N) is 3. The SMILES string of the molecule is CC(=O)N1CCc2c(c(Nc3cccc(COC(C)(C)C(C)(C)O)c3)nn2CC2CC2)C1. The van der Waals surface area contributed by atoms with E-state index >= 15 is 0 Å². The summed E-state index contributed by atoms with van der Waals surface area (Å²) in [6.07, 6.45) is 3.40. The molecule has 2 heterocycles. The van der Waals surface area contributed by atoms with Crippen LogP contribution in [0.3, 0.4) is 0 Å². The molecular formula is C25H36N4O3. The molecule has 1 aromatic carbocycles. The predicted molar refractivity (Wildman–Crippen MR) is 125 cm³/mol. The highest BCUT2D eigenvalue weighted by Crippen LogP contribution is 2.34. The van der Waals surface area contributed by atoms with Crippen LogP contribution in [0.1, 0.15) is 64.3 Å². The molecule has 0 bridgehead atoms. The molecule has 32 heavy (non-hydrogen) atoms. The Morgan fingerprint density at radius 1 is 1.28 bits per heavy atom. The number of ether oxygens (including phenoxy) is 1. The molecule has 1 aromatic heterocycles. The summed E-state index contributed by atoms with van der Waals surface area (Å²) in [5.74, 6) is 1.67. The Balaban J connectivity index is 1.53. The lowest BCUT2D eigenvalue weighted by Gasteiger charge is -2.37. The fourth-order valence-electron chi connectivity index (χ4n) is 3.87. The van der Waals surface area contributed by atoms with Gasteiger partial charge in [0.15, 0.2) is 5.82 Å². The van der Waals surface area contributed by atoms with E-state index in [1.54, 1.807) is 20.8 Å². The second-order valence-corrected chi connectivity index (χ2v) is 10.3. The third-order valence-corrected chi connectivity index (χ3v) is 6.97. The van der Waals surface area contributed by atoms with E-state index in [0.29, 0.717) is 13.2 Å². The van der Waals surface area contributed by atoms with Crippen molar-refractivity contribution in [3.63, 3.8) is 0 Å². The highest BCUT2D eigenvalue weighted by Gasteiger charge is 2.36. The highest BCUT2D eigenvalue weighted by atomic mass is 16.5. The first-order valence-electron chi connectivity index (χ1n) is 11.6. The summed E-state index contributed by atoms with van der Waals surface area (Å²) >= 11 is 0. The minimum Gasteiger partial charge on any atom is -0.387 e. The van der Waals surface area contributed by atoms with Gasteiger partial charge < -0.3 is 20.1 Å². The summed E-state index contributed by atoms with van der Waals surface area (Å²) < 4.78 is 8.19. The van der Waals surface area contributed by atoms with E-state index in [0.717, 1.165) is 48.1 Å². The van der Waals surface area contributed by atoms with Crippen molar-refractivity contribution in [3.05, 3.63) is 41.1 Å². The van der Waals surface area contributed by atoms with Gasteiger partial charge in [0.1, 0.15) is 0 Å². The predicted octanol–water partition coefficient (Wildman–Crippen LogP) is 4.01. The van der Waals surface area contributed by atoms with E-state index < -0.39 is 11.2 Å². The van der Waals surface area contributed by atoms with Gasteiger partial charge in [-0.1, -0.05) is 12.1 Å². The van der Waals surface area contributed by atoms with Crippen molar-refractivity contribution in [2.24, 2.45) is 5.92 Å². The number of benzene rings is 1. The smallest absolute Gasteiger partial charge is 0.219 e. The number of aromatic nitrogens is 2. The molecule has 0 saturated heterocycles. The van der Waals surface area contributed by atoms with E-state index in [-0.39, 0.29) is 5.91 Å². The average Bonchev–Trinajstić information content (AvgIpc) is 3.48. The molecule has 174 valence electrons. The third kappa shape index (κ3) is 4.99. The molecule has 0 radical (unpaired) electrons. The number of hydrogen-bond donors (Lipinski definition) is 2. The molecule has 1 aliphatic heterocycles. The number of carbonyl (C=O) groups excluding carboxylic acids is 1. The van der Waals surface area contributed by atoms with Crippen LogP contribution in [0.2, 0.25) is 0 Å². The van der Waals surface area contributed by atoms with E-state index in [4.69, 9.17) is 9.84 Å². The van der Waals surface area contributed by atoms with Crippen LogP contribution in [0, 0.1) is 5.92 Å². The molecule has 7 nitrogen and oxygen atoms in total.